The van der Waals surface area contributed by atoms with E-state index < -0.39 is 0 Å². The van der Waals surface area contributed by atoms with Gasteiger partial charge < -0.3 is 5.32 Å². The fraction of sp³-hybridized carbons (Fsp3) is 0.0625. The second-order valence-corrected chi connectivity index (χ2v) is 6.22. The van der Waals surface area contributed by atoms with Crippen LogP contribution in [0.3, 0.4) is 0 Å². The Labute approximate surface area is 152 Å². The second kappa shape index (κ2) is 7.79. The van der Waals surface area contributed by atoms with Crippen LogP contribution in [-0.4, -0.2) is 31.8 Å². The minimum Gasteiger partial charge on any atom is -0.324 e. The van der Waals surface area contributed by atoms with Gasteiger partial charge in [0.2, 0.25) is 11.1 Å². The van der Waals surface area contributed by atoms with Crippen molar-refractivity contribution < 1.29 is 4.79 Å². The number of benzene rings is 1. The van der Waals surface area contributed by atoms with Crippen molar-refractivity contribution in [3.05, 3.63) is 53.3 Å². The number of aromatic amines is 1. The molecule has 2 aromatic heterocycles. The number of hydrogen-bond donors (Lipinski definition) is 2. The molecule has 0 radical (unpaired) electrons. The SMILES string of the molecule is N#Cc1ccc(Cl)cc1NC(=O)CSc1n[nH]c(-c2ccncc2)n1. The van der Waals surface area contributed by atoms with Crippen molar-refractivity contribution in [2.24, 2.45) is 0 Å². The molecule has 0 aliphatic rings. The van der Waals surface area contributed by atoms with E-state index in [9.17, 15) is 4.79 Å². The summed E-state index contributed by atoms with van der Waals surface area (Å²) >= 11 is 7.08. The largest absolute Gasteiger partial charge is 0.324 e. The van der Waals surface area contributed by atoms with Gasteiger partial charge in [-0.1, -0.05) is 23.4 Å². The van der Waals surface area contributed by atoms with Crippen LogP contribution in [0.1, 0.15) is 5.56 Å². The molecule has 0 aliphatic carbocycles. The zero-order valence-corrected chi connectivity index (χ0v) is 14.3. The van der Waals surface area contributed by atoms with Gasteiger partial charge in [0.05, 0.1) is 17.0 Å². The molecule has 3 rings (SSSR count). The van der Waals surface area contributed by atoms with Crippen LogP contribution >= 0.6 is 23.4 Å². The number of pyridine rings is 1. The Morgan fingerprint density at radius 3 is 2.88 bits per heavy atom. The summed E-state index contributed by atoms with van der Waals surface area (Å²) in [6.07, 6.45) is 3.33. The fourth-order valence-corrected chi connectivity index (χ4v) is 2.75. The van der Waals surface area contributed by atoms with Gasteiger partial charge in [0.15, 0.2) is 5.82 Å². The van der Waals surface area contributed by atoms with Crippen LogP contribution in [0, 0.1) is 11.3 Å². The lowest BCUT2D eigenvalue weighted by atomic mass is 10.2. The molecule has 0 atom stereocenters. The standard InChI is InChI=1S/C16H11ClN6OS/c17-12-2-1-11(8-18)13(7-12)20-14(24)9-25-16-21-15(22-23-16)10-3-5-19-6-4-10/h1-7H,9H2,(H,20,24)(H,21,22,23). The number of rotatable bonds is 5. The molecule has 1 amide bonds. The average molecular weight is 371 g/mol. The highest BCUT2D eigenvalue weighted by Crippen LogP contribution is 2.22. The molecular weight excluding hydrogens is 360 g/mol. The zero-order valence-electron chi connectivity index (χ0n) is 12.7. The highest BCUT2D eigenvalue weighted by Gasteiger charge is 2.11. The van der Waals surface area contributed by atoms with Gasteiger partial charge in [-0.15, -0.1) is 5.10 Å². The molecule has 3 aromatic rings. The van der Waals surface area contributed by atoms with Gasteiger partial charge in [-0.05, 0) is 30.3 Å². The first-order valence-corrected chi connectivity index (χ1v) is 8.47. The molecule has 0 saturated carbocycles. The fourth-order valence-electron chi connectivity index (χ4n) is 1.98. The Morgan fingerprint density at radius 1 is 1.32 bits per heavy atom. The highest BCUT2D eigenvalue weighted by atomic mass is 35.5. The third-order valence-corrected chi connectivity index (χ3v) is 4.21. The van der Waals surface area contributed by atoms with Crippen molar-refractivity contribution in [3.8, 4) is 17.5 Å². The number of aromatic nitrogens is 4. The Hall–Kier alpha value is -2.89. The molecule has 25 heavy (non-hydrogen) atoms. The maximum atomic E-state index is 12.1. The van der Waals surface area contributed by atoms with E-state index in [1.807, 2.05) is 18.2 Å². The van der Waals surface area contributed by atoms with Crippen molar-refractivity contribution in [2.75, 3.05) is 11.1 Å². The van der Waals surface area contributed by atoms with Crippen molar-refractivity contribution in [3.63, 3.8) is 0 Å². The molecule has 1 aromatic carbocycles. The van der Waals surface area contributed by atoms with E-state index in [0.717, 1.165) is 5.56 Å². The van der Waals surface area contributed by atoms with E-state index in [0.29, 0.717) is 27.3 Å². The monoisotopic (exact) mass is 370 g/mol. The molecule has 0 aliphatic heterocycles. The minimum absolute atomic E-state index is 0.102. The predicted octanol–water partition coefficient (Wildman–Crippen LogP) is 3.12. The Morgan fingerprint density at radius 2 is 2.12 bits per heavy atom. The number of H-pyrrole nitrogens is 1. The van der Waals surface area contributed by atoms with Crippen LogP contribution < -0.4 is 5.32 Å². The summed E-state index contributed by atoms with van der Waals surface area (Å²) in [5.74, 6) is 0.427. The lowest BCUT2D eigenvalue weighted by molar-refractivity contribution is -0.113. The number of anilines is 1. The van der Waals surface area contributed by atoms with Crippen LogP contribution in [0.25, 0.3) is 11.4 Å². The van der Waals surface area contributed by atoms with E-state index in [4.69, 9.17) is 16.9 Å². The summed E-state index contributed by atoms with van der Waals surface area (Å²) in [4.78, 5) is 20.4. The highest BCUT2D eigenvalue weighted by molar-refractivity contribution is 7.99. The minimum atomic E-state index is -0.279. The van der Waals surface area contributed by atoms with Crippen LogP contribution in [-0.2, 0) is 4.79 Å². The number of nitrogens with zero attached hydrogens (tertiary/aromatic N) is 4. The molecule has 7 nitrogen and oxygen atoms in total. The number of halogens is 1. The van der Waals surface area contributed by atoms with Gasteiger partial charge in [0.25, 0.3) is 0 Å². The van der Waals surface area contributed by atoms with Gasteiger partial charge in [0.1, 0.15) is 6.07 Å². The molecule has 124 valence electrons. The number of carbonyl (C=O) groups is 1. The summed E-state index contributed by atoms with van der Waals surface area (Å²) in [5, 5.41) is 19.5. The molecular formula is C16H11ClN6OS. The smallest absolute Gasteiger partial charge is 0.234 e. The summed E-state index contributed by atoms with van der Waals surface area (Å²) in [7, 11) is 0. The molecule has 0 bridgehead atoms. The number of carbonyl (C=O) groups excluding carboxylic acids is 1. The van der Waals surface area contributed by atoms with E-state index >= 15 is 0 Å². The van der Waals surface area contributed by atoms with Crippen LogP contribution in [0.4, 0.5) is 5.69 Å². The quantitative estimate of drug-likeness (QED) is 0.668. The molecule has 9 heteroatoms. The number of nitriles is 1. The summed E-state index contributed by atoms with van der Waals surface area (Å²) in [6, 6.07) is 10.3. The first-order valence-electron chi connectivity index (χ1n) is 7.11. The van der Waals surface area contributed by atoms with Crippen LogP contribution in [0.5, 0.6) is 0 Å². The first kappa shape index (κ1) is 17.0. The Balaban J connectivity index is 1.61. The Bertz CT molecular complexity index is 937. The first-order chi connectivity index (χ1) is 12.2. The molecule has 0 unspecified atom stereocenters. The molecule has 2 N–H and O–H groups in total. The van der Waals surface area contributed by atoms with Gasteiger partial charge >= 0.3 is 0 Å². The van der Waals surface area contributed by atoms with E-state index in [1.165, 1.54) is 17.8 Å². The van der Waals surface area contributed by atoms with E-state index in [2.05, 4.69) is 25.5 Å². The zero-order chi connectivity index (χ0) is 17.6. The third kappa shape index (κ3) is 4.35. The van der Waals surface area contributed by atoms with Gasteiger partial charge in [-0.2, -0.15) is 5.26 Å². The number of hydrogen-bond acceptors (Lipinski definition) is 6. The lowest BCUT2D eigenvalue weighted by Gasteiger charge is -2.06. The molecule has 0 fully saturated rings. The number of thioether (sulfide) groups is 1. The van der Waals surface area contributed by atoms with Crippen molar-refractivity contribution in [1.29, 1.82) is 5.26 Å². The molecule has 0 saturated heterocycles. The lowest BCUT2D eigenvalue weighted by Crippen LogP contribution is -2.15. The summed E-state index contributed by atoms with van der Waals surface area (Å²) < 4.78 is 0. The van der Waals surface area contributed by atoms with Gasteiger partial charge in [0, 0.05) is 23.0 Å². The normalized spacial score (nSPS) is 10.2. The third-order valence-electron chi connectivity index (χ3n) is 3.13. The number of amides is 1. The van der Waals surface area contributed by atoms with Crippen LogP contribution in [0.15, 0.2) is 47.9 Å². The molecule has 2 heterocycles. The van der Waals surface area contributed by atoms with Crippen LogP contribution in [0.2, 0.25) is 5.02 Å². The number of nitrogens with one attached hydrogen (secondary N) is 2. The Kier molecular flexibility index (Phi) is 5.28. The predicted molar refractivity (Wildman–Crippen MR) is 95.1 cm³/mol. The van der Waals surface area contributed by atoms with E-state index in [-0.39, 0.29) is 11.7 Å². The summed E-state index contributed by atoms with van der Waals surface area (Å²) in [5.41, 5.74) is 1.59. The maximum absolute atomic E-state index is 12.1. The maximum Gasteiger partial charge on any atom is 0.234 e. The van der Waals surface area contributed by atoms with Gasteiger partial charge in [-0.25, -0.2) is 4.98 Å². The van der Waals surface area contributed by atoms with E-state index in [1.54, 1.807) is 24.5 Å². The molecule has 0 spiro atoms. The van der Waals surface area contributed by atoms with Crippen molar-refractivity contribution in [1.82, 2.24) is 20.2 Å². The average Bonchev–Trinajstić information content (AvgIpc) is 3.10. The van der Waals surface area contributed by atoms with Gasteiger partial charge in [-0.3, -0.25) is 14.9 Å². The second-order valence-electron chi connectivity index (χ2n) is 4.84. The topological polar surface area (TPSA) is 107 Å². The van der Waals surface area contributed by atoms with Crippen molar-refractivity contribution in [2.45, 2.75) is 5.16 Å². The summed E-state index contributed by atoms with van der Waals surface area (Å²) in [6.45, 7) is 0. The van der Waals surface area contributed by atoms with Crippen molar-refractivity contribution >= 4 is 35.0 Å².